The molecule has 7 heteroatoms. The van der Waals surface area contributed by atoms with E-state index in [4.69, 9.17) is 0 Å². The van der Waals surface area contributed by atoms with E-state index in [-0.39, 0.29) is 6.04 Å². The molecule has 0 radical (unpaired) electrons. The van der Waals surface area contributed by atoms with Crippen LogP contribution < -0.4 is 4.72 Å². The zero-order valence-corrected chi connectivity index (χ0v) is 12.6. The molecule has 4 nitrogen and oxygen atoms in total. The van der Waals surface area contributed by atoms with Gasteiger partial charge in [0, 0.05) is 17.6 Å². The van der Waals surface area contributed by atoms with Crippen LogP contribution in [0.15, 0.2) is 23.4 Å². The van der Waals surface area contributed by atoms with Gasteiger partial charge in [-0.1, -0.05) is 29.8 Å². The minimum Gasteiger partial charge on any atom is -0.241 e. The zero-order chi connectivity index (χ0) is 13.8. The van der Waals surface area contributed by atoms with E-state index in [1.807, 2.05) is 13.8 Å². The molecule has 0 saturated heterocycles. The molecule has 0 bridgehead atoms. The number of nitrogens with one attached hydrogen (secondary N) is 1. The third-order valence-corrected chi connectivity index (χ3v) is 4.48. The van der Waals surface area contributed by atoms with Gasteiger partial charge in [0.2, 0.25) is 5.03 Å². The van der Waals surface area contributed by atoms with E-state index in [9.17, 15) is 12.8 Å². The van der Waals surface area contributed by atoms with E-state index >= 15 is 0 Å². The van der Waals surface area contributed by atoms with Crippen LogP contribution in [0.2, 0.25) is 0 Å². The maximum absolute atomic E-state index is 13.4. The van der Waals surface area contributed by atoms with Crippen molar-refractivity contribution in [2.24, 2.45) is 5.92 Å². The number of nitrogens with zero attached hydrogens (tertiary/aromatic N) is 1. The van der Waals surface area contributed by atoms with Gasteiger partial charge in [-0.25, -0.2) is 22.5 Å². The summed E-state index contributed by atoms with van der Waals surface area (Å²) < 4.78 is 39.8. The fourth-order valence-electron chi connectivity index (χ4n) is 1.56. The summed E-state index contributed by atoms with van der Waals surface area (Å²) in [6.07, 6.45) is 1.92. The lowest BCUT2D eigenvalue weighted by molar-refractivity contribution is 0.482. The van der Waals surface area contributed by atoms with Crippen LogP contribution in [0.1, 0.15) is 20.3 Å². The molecule has 0 aromatic carbocycles. The molecule has 1 aromatic rings. The number of aromatic nitrogens is 1. The average molecular weight is 339 g/mol. The SMILES string of the molecule is CC(C)CC(CBr)NS(=O)(=O)c1ncccc1F. The van der Waals surface area contributed by atoms with Gasteiger partial charge in [0.15, 0.2) is 5.82 Å². The Bertz CT molecular complexity index is 494. The van der Waals surface area contributed by atoms with Crippen LogP contribution in [-0.4, -0.2) is 24.8 Å². The Labute approximate surface area is 115 Å². The highest BCUT2D eigenvalue weighted by atomic mass is 79.9. The first kappa shape index (κ1) is 15.5. The van der Waals surface area contributed by atoms with Gasteiger partial charge in [0.1, 0.15) is 0 Å². The lowest BCUT2D eigenvalue weighted by Gasteiger charge is -2.17. The second-order valence-electron chi connectivity index (χ2n) is 4.39. The summed E-state index contributed by atoms with van der Waals surface area (Å²) in [6.45, 7) is 3.98. The first-order chi connectivity index (χ1) is 8.36. The summed E-state index contributed by atoms with van der Waals surface area (Å²) in [4.78, 5) is 3.58. The molecule has 0 amide bonds. The zero-order valence-electron chi connectivity index (χ0n) is 10.2. The highest BCUT2D eigenvalue weighted by Gasteiger charge is 2.24. The molecule has 1 aromatic heterocycles. The quantitative estimate of drug-likeness (QED) is 0.809. The Morgan fingerprint density at radius 1 is 1.50 bits per heavy atom. The van der Waals surface area contributed by atoms with Crippen molar-refractivity contribution in [1.82, 2.24) is 9.71 Å². The van der Waals surface area contributed by atoms with Crippen molar-refractivity contribution in [3.63, 3.8) is 0 Å². The van der Waals surface area contributed by atoms with Gasteiger partial charge in [-0.3, -0.25) is 0 Å². The lowest BCUT2D eigenvalue weighted by Crippen LogP contribution is -2.37. The van der Waals surface area contributed by atoms with Gasteiger partial charge in [-0.15, -0.1) is 0 Å². The van der Waals surface area contributed by atoms with Gasteiger partial charge in [-0.2, -0.15) is 0 Å². The molecule has 0 aliphatic carbocycles. The third-order valence-electron chi connectivity index (χ3n) is 2.24. The van der Waals surface area contributed by atoms with Gasteiger partial charge < -0.3 is 0 Å². The van der Waals surface area contributed by atoms with E-state index in [1.165, 1.54) is 12.3 Å². The van der Waals surface area contributed by atoms with E-state index in [2.05, 4.69) is 25.6 Å². The highest BCUT2D eigenvalue weighted by molar-refractivity contribution is 9.09. The second-order valence-corrected chi connectivity index (χ2v) is 6.67. The largest absolute Gasteiger partial charge is 0.261 e. The van der Waals surface area contributed by atoms with E-state index < -0.39 is 20.9 Å². The number of pyridine rings is 1. The Hall–Kier alpha value is -0.530. The number of rotatable bonds is 6. The Balaban J connectivity index is 2.91. The molecule has 102 valence electrons. The molecule has 0 aliphatic rings. The molecule has 1 atom stereocenters. The van der Waals surface area contributed by atoms with Gasteiger partial charge in [0.05, 0.1) is 0 Å². The number of hydrogen-bond acceptors (Lipinski definition) is 3. The smallest absolute Gasteiger partial charge is 0.241 e. The predicted octanol–water partition coefficient (Wildman–Crippen LogP) is 2.31. The fourth-order valence-corrected chi connectivity index (χ4v) is 3.45. The van der Waals surface area contributed by atoms with Crippen molar-refractivity contribution in [3.8, 4) is 0 Å². The second kappa shape index (κ2) is 6.58. The number of halogens is 2. The van der Waals surface area contributed by atoms with E-state index in [0.29, 0.717) is 17.7 Å². The normalized spacial score (nSPS) is 13.8. The van der Waals surface area contributed by atoms with Gasteiger partial charge >= 0.3 is 0 Å². The molecular weight excluding hydrogens is 323 g/mol. The Morgan fingerprint density at radius 3 is 2.67 bits per heavy atom. The summed E-state index contributed by atoms with van der Waals surface area (Å²) in [7, 11) is -3.91. The summed E-state index contributed by atoms with van der Waals surface area (Å²) in [5.41, 5.74) is 0. The minimum atomic E-state index is -3.91. The fraction of sp³-hybridized carbons (Fsp3) is 0.545. The molecule has 0 spiro atoms. The number of alkyl halides is 1. The van der Waals surface area contributed by atoms with Gasteiger partial charge in [-0.05, 0) is 24.5 Å². The molecule has 1 heterocycles. The average Bonchev–Trinajstić information content (AvgIpc) is 2.27. The van der Waals surface area contributed by atoms with Gasteiger partial charge in [0.25, 0.3) is 10.0 Å². The molecule has 0 saturated carbocycles. The van der Waals surface area contributed by atoms with Crippen LogP contribution in [0.25, 0.3) is 0 Å². The maximum Gasteiger partial charge on any atom is 0.261 e. The van der Waals surface area contributed by atoms with Crippen molar-refractivity contribution in [3.05, 3.63) is 24.1 Å². The molecule has 0 aliphatic heterocycles. The number of sulfonamides is 1. The standard InChI is InChI=1S/C11H16BrFN2O2S/c1-8(2)6-9(7-12)15-18(16,17)11-10(13)4-3-5-14-11/h3-5,8-9,15H,6-7H2,1-2H3. The van der Waals surface area contributed by atoms with E-state index in [1.54, 1.807) is 0 Å². The van der Waals surface area contributed by atoms with Crippen LogP contribution in [-0.2, 0) is 10.0 Å². The Morgan fingerprint density at radius 2 is 2.17 bits per heavy atom. The van der Waals surface area contributed by atoms with E-state index in [0.717, 1.165) is 6.07 Å². The van der Waals surface area contributed by atoms with Crippen molar-refractivity contribution in [2.45, 2.75) is 31.3 Å². The molecular formula is C11H16BrFN2O2S. The summed E-state index contributed by atoms with van der Waals surface area (Å²) in [6, 6.07) is 2.15. The minimum absolute atomic E-state index is 0.281. The van der Waals surface area contributed by atoms with Crippen LogP contribution in [0, 0.1) is 11.7 Å². The highest BCUT2D eigenvalue weighted by Crippen LogP contribution is 2.14. The van der Waals surface area contributed by atoms with Crippen molar-refractivity contribution >= 4 is 26.0 Å². The summed E-state index contributed by atoms with van der Waals surface area (Å²) in [5, 5.41) is -0.0847. The van der Waals surface area contributed by atoms with Crippen molar-refractivity contribution in [1.29, 1.82) is 0 Å². The monoisotopic (exact) mass is 338 g/mol. The molecule has 1 rings (SSSR count). The first-order valence-electron chi connectivity index (χ1n) is 5.55. The topological polar surface area (TPSA) is 59.1 Å². The number of hydrogen-bond donors (Lipinski definition) is 1. The summed E-state index contributed by atoms with van der Waals surface area (Å²) >= 11 is 3.25. The molecule has 1 unspecified atom stereocenters. The van der Waals surface area contributed by atoms with Crippen LogP contribution >= 0.6 is 15.9 Å². The van der Waals surface area contributed by atoms with Crippen LogP contribution in [0.3, 0.4) is 0 Å². The van der Waals surface area contributed by atoms with Crippen molar-refractivity contribution in [2.75, 3.05) is 5.33 Å². The predicted molar refractivity (Wildman–Crippen MR) is 71.6 cm³/mol. The van der Waals surface area contributed by atoms with Crippen LogP contribution in [0.5, 0.6) is 0 Å². The molecule has 18 heavy (non-hydrogen) atoms. The van der Waals surface area contributed by atoms with Crippen LogP contribution in [0.4, 0.5) is 4.39 Å². The first-order valence-corrected chi connectivity index (χ1v) is 8.16. The lowest BCUT2D eigenvalue weighted by atomic mass is 10.1. The summed E-state index contributed by atoms with van der Waals surface area (Å²) in [5.74, 6) is -0.508. The molecule has 0 fully saturated rings. The Kier molecular flexibility index (Phi) is 5.68. The van der Waals surface area contributed by atoms with Crippen molar-refractivity contribution < 1.29 is 12.8 Å². The third kappa shape index (κ3) is 4.29. The molecule has 1 N–H and O–H groups in total. The maximum atomic E-state index is 13.4.